The van der Waals surface area contributed by atoms with Crippen LogP contribution in [0.2, 0.25) is 0 Å². The van der Waals surface area contributed by atoms with Gasteiger partial charge in [0.25, 0.3) is 0 Å². The molecular formula is C15H17N3O2S. The number of nitriles is 1. The molecule has 110 valence electrons. The first-order chi connectivity index (χ1) is 9.94. The lowest BCUT2D eigenvalue weighted by molar-refractivity contribution is 0.581. The topological polar surface area (TPSA) is 85.8 Å². The molecule has 0 saturated carbocycles. The fourth-order valence-corrected chi connectivity index (χ4v) is 3.42. The van der Waals surface area contributed by atoms with Crippen LogP contribution >= 0.6 is 0 Å². The summed E-state index contributed by atoms with van der Waals surface area (Å²) < 4.78 is 27.0. The fraction of sp³-hybridized carbons (Fsp3) is 0.267. The van der Waals surface area contributed by atoms with E-state index < -0.39 is 10.0 Å². The van der Waals surface area contributed by atoms with E-state index >= 15 is 0 Å². The van der Waals surface area contributed by atoms with Crippen LogP contribution in [0, 0.1) is 25.2 Å². The van der Waals surface area contributed by atoms with E-state index in [1.807, 2.05) is 26.0 Å². The molecule has 2 N–H and O–H groups in total. The molecule has 5 nitrogen and oxygen atoms in total. The number of H-pyrrole nitrogens is 1. The fourth-order valence-electron chi connectivity index (χ4n) is 2.23. The molecule has 0 atom stereocenters. The molecule has 0 aliphatic heterocycles. The lowest BCUT2D eigenvalue weighted by atomic mass is 10.2. The van der Waals surface area contributed by atoms with Crippen LogP contribution in [0.15, 0.2) is 35.2 Å². The van der Waals surface area contributed by atoms with Crippen molar-refractivity contribution in [2.24, 2.45) is 0 Å². The first-order valence-electron chi connectivity index (χ1n) is 6.58. The van der Waals surface area contributed by atoms with Gasteiger partial charge in [0.15, 0.2) is 0 Å². The highest BCUT2D eigenvalue weighted by Gasteiger charge is 2.17. The van der Waals surface area contributed by atoms with Crippen LogP contribution in [0.25, 0.3) is 0 Å². The van der Waals surface area contributed by atoms with Gasteiger partial charge >= 0.3 is 0 Å². The van der Waals surface area contributed by atoms with E-state index in [4.69, 9.17) is 5.26 Å². The quantitative estimate of drug-likeness (QED) is 0.886. The molecule has 1 aromatic heterocycles. The largest absolute Gasteiger partial charge is 0.362 e. The third-order valence-electron chi connectivity index (χ3n) is 3.24. The SMILES string of the molecule is Cc1cc(CCNS(=O)(=O)c2ccccc2C#N)c(C)[nH]1. The second-order valence-electron chi connectivity index (χ2n) is 4.86. The Balaban J connectivity index is 2.09. The highest BCUT2D eigenvalue weighted by atomic mass is 32.2. The number of sulfonamides is 1. The summed E-state index contributed by atoms with van der Waals surface area (Å²) in [4.78, 5) is 3.21. The van der Waals surface area contributed by atoms with Gasteiger partial charge in [-0.2, -0.15) is 5.26 Å². The number of benzene rings is 1. The van der Waals surface area contributed by atoms with E-state index in [2.05, 4.69) is 9.71 Å². The highest BCUT2D eigenvalue weighted by Crippen LogP contribution is 2.14. The Morgan fingerprint density at radius 3 is 2.62 bits per heavy atom. The maximum Gasteiger partial charge on any atom is 0.241 e. The smallest absolute Gasteiger partial charge is 0.241 e. The maximum atomic E-state index is 12.2. The minimum atomic E-state index is -3.66. The van der Waals surface area contributed by atoms with E-state index in [1.165, 1.54) is 12.1 Å². The third-order valence-corrected chi connectivity index (χ3v) is 4.76. The Morgan fingerprint density at radius 1 is 1.29 bits per heavy atom. The monoisotopic (exact) mass is 303 g/mol. The number of hydrogen-bond donors (Lipinski definition) is 2. The summed E-state index contributed by atoms with van der Waals surface area (Å²) in [5.74, 6) is 0. The molecule has 0 fully saturated rings. The molecule has 2 aromatic rings. The van der Waals surface area contributed by atoms with E-state index in [-0.39, 0.29) is 10.5 Å². The molecule has 0 radical (unpaired) electrons. The van der Waals surface area contributed by atoms with E-state index in [0.717, 1.165) is 17.0 Å². The molecule has 0 saturated heterocycles. The molecule has 0 bridgehead atoms. The number of aromatic nitrogens is 1. The Bertz CT molecular complexity index is 785. The first-order valence-corrected chi connectivity index (χ1v) is 8.06. The molecular weight excluding hydrogens is 286 g/mol. The van der Waals surface area contributed by atoms with Crippen molar-refractivity contribution in [2.45, 2.75) is 25.2 Å². The number of hydrogen-bond acceptors (Lipinski definition) is 3. The Hall–Kier alpha value is -2.10. The van der Waals surface area contributed by atoms with Gasteiger partial charge in [-0.15, -0.1) is 0 Å². The van der Waals surface area contributed by atoms with Crippen molar-refractivity contribution in [1.82, 2.24) is 9.71 Å². The van der Waals surface area contributed by atoms with E-state index in [0.29, 0.717) is 13.0 Å². The zero-order valence-corrected chi connectivity index (χ0v) is 12.8. The van der Waals surface area contributed by atoms with Crippen molar-refractivity contribution in [1.29, 1.82) is 5.26 Å². The summed E-state index contributed by atoms with van der Waals surface area (Å²) in [6.45, 7) is 4.21. The number of nitrogens with one attached hydrogen (secondary N) is 2. The number of aryl methyl sites for hydroxylation is 2. The summed E-state index contributed by atoms with van der Waals surface area (Å²) in [7, 11) is -3.66. The van der Waals surface area contributed by atoms with E-state index in [9.17, 15) is 8.42 Å². The molecule has 21 heavy (non-hydrogen) atoms. The van der Waals surface area contributed by atoms with Crippen molar-refractivity contribution >= 4 is 10.0 Å². The first kappa shape index (κ1) is 15.3. The lowest BCUT2D eigenvalue weighted by Crippen LogP contribution is -2.26. The van der Waals surface area contributed by atoms with Gasteiger partial charge in [0.1, 0.15) is 6.07 Å². The van der Waals surface area contributed by atoms with Crippen LogP contribution in [-0.4, -0.2) is 19.9 Å². The van der Waals surface area contributed by atoms with Crippen molar-refractivity contribution in [3.63, 3.8) is 0 Å². The predicted molar refractivity (Wildman–Crippen MR) is 80.3 cm³/mol. The van der Waals surface area contributed by atoms with Crippen molar-refractivity contribution < 1.29 is 8.42 Å². The van der Waals surface area contributed by atoms with Gasteiger partial charge < -0.3 is 4.98 Å². The van der Waals surface area contributed by atoms with Gasteiger partial charge in [-0.1, -0.05) is 12.1 Å². The minimum Gasteiger partial charge on any atom is -0.362 e. The maximum absolute atomic E-state index is 12.2. The molecule has 2 rings (SSSR count). The summed E-state index contributed by atoms with van der Waals surface area (Å²) >= 11 is 0. The van der Waals surface area contributed by atoms with E-state index in [1.54, 1.807) is 12.1 Å². The third kappa shape index (κ3) is 3.51. The second kappa shape index (κ2) is 6.12. The zero-order valence-electron chi connectivity index (χ0n) is 12.0. The normalized spacial score (nSPS) is 11.3. The summed E-state index contributed by atoms with van der Waals surface area (Å²) in [5.41, 5.74) is 3.34. The molecule has 0 aliphatic carbocycles. The van der Waals surface area contributed by atoms with Gasteiger partial charge in [-0.05, 0) is 44.0 Å². The highest BCUT2D eigenvalue weighted by molar-refractivity contribution is 7.89. The van der Waals surface area contributed by atoms with Gasteiger partial charge in [0, 0.05) is 17.9 Å². The van der Waals surface area contributed by atoms with Crippen molar-refractivity contribution in [3.8, 4) is 6.07 Å². The van der Waals surface area contributed by atoms with Crippen LogP contribution in [0.3, 0.4) is 0 Å². The zero-order chi connectivity index (χ0) is 15.5. The minimum absolute atomic E-state index is 0.0227. The van der Waals surface area contributed by atoms with Gasteiger partial charge in [-0.25, -0.2) is 13.1 Å². The second-order valence-corrected chi connectivity index (χ2v) is 6.59. The lowest BCUT2D eigenvalue weighted by Gasteiger charge is -2.08. The summed E-state index contributed by atoms with van der Waals surface area (Å²) in [6.07, 6.45) is 0.601. The molecule has 6 heteroatoms. The number of rotatable bonds is 5. The molecule has 0 unspecified atom stereocenters. The van der Waals surface area contributed by atoms with Crippen molar-refractivity contribution in [2.75, 3.05) is 6.54 Å². The average molecular weight is 303 g/mol. The molecule has 0 aliphatic rings. The predicted octanol–water partition coefficient (Wildman–Crippen LogP) is 2.02. The molecule has 1 aromatic carbocycles. The standard InChI is InChI=1S/C15H17N3O2S/c1-11-9-13(12(2)18-11)7-8-17-21(19,20)15-6-4-3-5-14(15)10-16/h3-6,9,17-18H,7-8H2,1-2H3. The number of nitrogens with zero attached hydrogens (tertiary/aromatic N) is 1. The molecule has 0 spiro atoms. The van der Waals surface area contributed by atoms with Crippen LogP contribution < -0.4 is 4.72 Å². The van der Waals surface area contributed by atoms with Gasteiger partial charge in [0.05, 0.1) is 10.5 Å². The Labute approximate surface area is 124 Å². The van der Waals surface area contributed by atoms with Crippen LogP contribution in [0.5, 0.6) is 0 Å². The van der Waals surface area contributed by atoms with Gasteiger partial charge in [0.2, 0.25) is 10.0 Å². The summed E-state index contributed by atoms with van der Waals surface area (Å²) in [5, 5.41) is 8.98. The Kier molecular flexibility index (Phi) is 4.46. The van der Waals surface area contributed by atoms with Gasteiger partial charge in [-0.3, -0.25) is 0 Å². The van der Waals surface area contributed by atoms with Crippen LogP contribution in [0.4, 0.5) is 0 Å². The number of aromatic amines is 1. The summed E-state index contributed by atoms with van der Waals surface area (Å²) in [6, 6.07) is 10.1. The van der Waals surface area contributed by atoms with Crippen LogP contribution in [0.1, 0.15) is 22.5 Å². The average Bonchev–Trinajstić information content (AvgIpc) is 2.77. The van der Waals surface area contributed by atoms with Crippen LogP contribution in [-0.2, 0) is 16.4 Å². The molecule has 0 amide bonds. The van der Waals surface area contributed by atoms with Crippen molar-refractivity contribution in [3.05, 3.63) is 52.8 Å². The Morgan fingerprint density at radius 2 is 2.00 bits per heavy atom. The molecule has 1 heterocycles.